The van der Waals surface area contributed by atoms with Gasteiger partial charge in [-0.2, -0.15) is 13.7 Å². The zero-order valence-electron chi connectivity index (χ0n) is 18.3. The molecule has 0 aliphatic rings. The van der Waals surface area contributed by atoms with Crippen molar-refractivity contribution in [3.05, 3.63) is 92.0 Å². The highest BCUT2D eigenvalue weighted by Gasteiger charge is 2.21. The number of halogens is 2. The third-order valence-corrected chi connectivity index (χ3v) is 6.67. The number of methoxy groups -OCH3 is 1. The van der Waals surface area contributed by atoms with Crippen molar-refractivity contribution in [2.75, 3.05) is 12.4 Å². The van der Waals surface area contributed by atoms with Gasteiger partial charge in [-0.05, 0) is 48.0 Å². The summed E-state index contributed by atoms with van der Waals surface area (Å²) in [6, 6.07) is 14.6. The molecule has 0 fully saturated rings. The maximum Gasteiger partial charge on any atom is 0.339 e. The summed E-state index contributed by atoms with van der Waals surface area (Å²) in [4.78, 5) is 22.4. The molecule has 0 saturated carbocycles. The number of nitrogens with zero attached hydrogens (tertiary/aromatic N) is 2. The number of rotatable bonds is 8. The second-order valence-corrected chi connectivity index (χ2v) is 9.26. The summed E-state index contributed by atoms with van der Waals surface area (Å²) in [5, 5.41) is 23.1. The molecule has 36 heavy (non-hydrogen) atoms. The molecule has 3 aromatic carbocycles. The van der Waals surface area contributed by atoms with Gasteiger partial charge in [0.2, 0.25) is 0 Å². The summed E-state index contributed by atoms with van der Waals surface area (Å²) in [7, 11) is -3.07. The molecular formula is C23H15Cl2N3O7S. The second-order valence-electron chi connectivity index (χ2n) is 6.92. The third-order valence-electron chi connectivity index (χ3n) is 4.60. The standard InChI is InChI=1S/C23H15Cl2N3O7S/c1-34-21-12-14(11-15(13-26)23(29)27-19-4-2-3-18(24)22(19)25)5-10-20(21)35-36(32,33)17-8-6-16(7-9-17)28(30)31/h2-12H,1H3,(H,27,29)/b15-11+. The summed E-state index contributed by atoms with van der Waals surface area (Å²) in [6.07, 6.45) is 1.25. The van der Waals surface area contributed by atoms with Gasteiger partial charge in [-0.3, -0.25) is 14.9 Å². The van der Waals surface area contributed by atoms with E-state index >= 15 is 0 Å². The maximum absolute atomic E-state index is 12.6. The molecule has 1 amide bonds. The predicted octanol–water partition coefficient (Wildman–Crippen LogP) is 5.22. The Morgan fingerprint density at radius 2 is 1.81 bits per heavy atom. The molecule has 0 aromatic heterocycles. The molecule has 0 radical (unpaired) electrons. The van der Waals surface area contributed by atoms with E-state index in [0.29, 0.717) is 5.56 Å². The Hall–Kier alpha value is -4.11. The Morgan fingerprint density at radius 1 is 1.11 bits per heavy atom. The van der Waals surface area contributed by atoms with Crippen LogP contribution >= 0.6 is 23.2 Å². The number of hydrogen-bond donors (Lipinski definition) is 1. The van der Waals surface area contributed by atoms with Gasteiger partial charge in [0.25, 0.3) is 11.6 Å². The molecule has 0 aliphatic carbocycles. The molecule has 184 valence electrons. The van der Waals surface area contributed by atoms with E-state index in [1.54, 1.807) is 18.2 Å². The van der Waals surface area contributed by atoms with Gasteiger partial charge in [0, 0.05) is 12.1 Å². The zero-order valence-corrected chi connectivity index (χ0v) is 20.6. The topological polar surface area (TPSA) is 149 Å². The smallest absolute Gasteiger partial charge is 0.339 e. The molecule has 0 heterocycles. The molecule has 0 spiro atoms. The lowest BCUT2D eigenvalue weighted by Gasteiger charge is -2.12. The molecule has 0 saturated heterocycles. The third kappa shape index (κ3) is 6.11. The number of carbonyl (C=O) groups is 1. The molecule has 1 N–H and O–H groups in total. The number of nitro benzene ring substituents is 1. The number of nitro groups is 1. The number of benzene rings is 3. The lowest BCUT2D eigenvalue weighted by Crippen LogP contribution is -2.13. The van der Waals surface area contributed by atoms with Gasteiger partial charge >= 0.3 is 10.1 Å². The first-order chi connectivity index (χ1) is 17.1. The van der Waals surface area contributed by atoms with E-state index in [1.807, 2.05) is 0 Å². The number of carbonyl (C=O) groups excluding carboxylic acids is 1. The number of non-ortho nitro benzene ring substituents is 1. The van der Waals surface area contributed by atoms with Crippen LogP contribution in [0.4, 0.5) is 11.4 Å². The number of ether oxygens (including phenoxy) is 1. The fourth-order valence-electron chi connectivity index (χ4n) is 2.85. The van der Waals surface area contributed by atoms with E-state index in [9.17, 15) is 28.6 Å². The quantitative estimate of drug-likeness (QED) is 0.132. The van der Waals surface area contributed by atoms with Crippen LogP contribution in [0.5, 0.6) is 11.5 Å². The predicted molar refractivity (Wildman–Crippen MR) is 133 cm³/mol. The van der Waals surface area contributed by atoms with E-state index in [-0.39, 0.29) is 43.4 Å². The second kappa shape index (κ2) is 11.1. The Bertz CT molecular complexity index is 1520. The fraction of sp³-hybridized carbons (Fsp3) is 0.0435. The van der Waals surface area contributed by atoms with Gasteiger partial charge in [0.15, 0.2) is 11.5 Å². The van der Waals surface area contributed by atoms with Crippen LogP contribution in [0.15, 0.2) is 71.1 Å². The van der Waals surface area contributed by atoms with Gasteiger partial charge in [0.1, 0.15) is 16.5 Å². The summed E-state index contributed by atoms with van der Waals surface area (Å²) >= 11 is 12.0. The highest BCUT2D eigenvalue weighted by Crippen LogP contribution is 2.32. The zero-order chi connectivity index (χ0) is 26.5. The molecule has 0 bridgehead atoms. The molecular weight excluding hydrogens is 533 g/mol. The van der Waals surface area contributed by atoms with E-state index in [4.69, 9.17) is 32.1 Å². The van der Waals surface area contributed by atoms with Gasteiger partial charge in [-0.25, -0.2) is 0 Å². The van der Waals surface area contributed by atoms with E-state index in [1.165, 1.54) is 37.5 Å². The Morgan fingerprint density at radius 3 is 2.42 bits per heavy atom. The number of amides is 1. The molecule has 0 aliphatic heterocycles. The monoisotopic (exact) mass is 547 g/mol. The average molecular weight is 548 g/mol. The van der Waals surface area contributed by atoms with E-state index in [2.05, 4.69) is 5.32 Å². The summed E-state index contributed by atoms with van der Waals surface area (Å²) in [5.41, 5.74) is -0.0122. The minimum absolute atomic E-state index is 0.00943. The Kier molecular flexibility index (Phi) is 8.16. The van der Waals surface area contributed by atoms with Gasteiger partial charge in [-0.1, -0.05) is 35.3 Å². The largest absolute Gasteiger partial charge is 0.493 e. The average Bonchev–Trinajstić information content (AvgIpc) is 2.85. The van der Waals surface area contributed by atoms with Crippen molar-refractivity contribution >= 4 is 56.7 Å². The molecule has 10 nitrogen and oxygen atoms in total. The molecule has 0 unspecified atom stereocenters. The SMILES string of the molecule is COc1cc(/C=C(\C#N)C(=O)Nc2cccc(Cl)c2Cl)ccc1OS(=O)(=O)c1ccc([N+](=O)[O-])cc1. The van der Waals surface area contributed by atoms with Crippen LogP contribution in [0.1, 0.15) is 5.56 Å². The van der Waals surface area contributed by atoms with Crippen LogP contribution in [0.25, 0.3) is 6.08 Å². The Balaban J connectivity index is 1.85. The highest BCUT2D eigenvalue weighted by atomic mass is 35.5. The lowest BCUT2D eigenvalue weighted by atomic mass is 10.1. The molecule has 3 aromatic rings. The van der Waals surface area contributed by atoms with Crippen LogP contribution in [-0.4, -0.2) is 26.4 Å². The van der Waals surface area contributed by atoms with Crippen molar-refractivity contribution in [2.24, 2.45) is 0 Å². The minimum Gasteiger partial charge on any atom is -0.493 e. The van der Waals surface area contributed by atoms with Gasteiger partial charge in [-0.15, -0.1) is 0 Å². The molecule has 0 atom stereocenters. The van der Waals surface area contributed by atoms with E-state index < -0.39 is 20.9 Å². The maximum atomic E-state index is 12.6. The van der Waals surface area contributed by atoms with Gasteiger partial charge < -0.3 is 14.2 Å². The van der Waals surface area contributed by atoms with Crippen molar-refractivity contribution < 1.29 is 27.1 Å². The van der Waals surface area contributed by atoms with Crippen LogP contribution in [0.3, 0.4) is 0 Å². The van der Waals surface area contributed by atoms with Crippen molar-refractivity contribution in [2.45, 2.75) is 4.90 Å². The van der Waals surface area contributed by atoms with Crippen LogP contribution < -0.4 is 14.2 Å². The first kappa shape index (κ1) is 26.5. The van der Waals surface area contributed by atoms with Crippen LogP contribution in [0, 0.1) is 21.4 Å². The van der Waals surface area contributed by atoms with Crippen molar-refractivity contribution in [1.29, 1.82) is 5.26 Å². The van der Waals surface area contributed by atoms with Gasteiger partial charge in [0.05, 0.1) is 27.8 Å². The number of nitriles is 1. The minimum atomic E-state index is -4.34. The number of hydrogen-bond acceptors (Lipinski definition) is 8. The lowest BCUT2D eigenvalue weighted by molar-refractivity contribution is -0.384. The highest BCUT2D eigenvalue weighted by molar-refractivity contribution is 7.87. The Labute approximate surface area is 215 Å². The van der Waals surface area contributed by atoms with Crippen molar-refractivity contribution in [3.63, 3.8) is 0 Å². The molecule has 3 rings (SSSR count). The molecule has 13 heteroatoms. The van der Waals surface area contributed by atoms with Crippen molar-refractivity contribution in [1.82, 2.24) is 0 Å². The normalized spacial score (nSPS) is 11.3. The summed E-state index contributed by atoms with van der Waals surface area (Å²) < 4.78 is 35.5. The number of anilines is 1. The fourth-order valence-corrected chi connectivity index (χ4v) is 4.14. The van der Waals surface area contributed by atoms with Crippen LogP contribution in [0.2, 0.25) is 10.0 Å². The van der Waals surface area contributed by atoms with E-state index in [0.717, 1.165) is 24.3 Å². The summed E-state index contributed by atoms with van der Waals surface area (Å²) in [6.45, 7) is 0. The first-order valence-electron chi connectivity index (χ1n) is 9.80. The number of nitrogens with one attached hydrogen (secondary N) is 1. The van der Waals surface area contributed by atoms with Crippen LogP contribution in [-0.2, 0) is 14.9 Å². The first-order valence-corrected chi connectivity index (χ1v) is 12.0. The summed E-state index contributed by atoms with van der Waals surface area (Å²) in [5.74, 6) is -0.937. The van der Waals surface area contributed by atoms with Crippen molar-refractivity contribution in [3.8, 4) is 17.6 Å².